The lowest BCUT2D eigenvalue weighted by Gasteiger charge is -2.25. The van der Waals surface area contributed by atoms with E-state index in [0.29, 0.717) is 5.71 Å². The van der Waals surface area contributed by atoms with Crippen molar-refractivity contribution in [1.29, 1.82) is 0 Å². The molecule has 0 aromatic carbocycles. The van der Waals surface area contributed by atoms with Crippen LogP contribution in [-0.2, 0) is 14.4 Å². The van der Waals surface area contributed by atoms with Crippen LogP contribution in [0.1, 0.15) is 41.0 Å². The molecule has 1 saturated carbocycles. The summed E-state index contributed by atoms with van der Waals surface area (Å²) in [6, 6.07) is 0. The number of hydrogen-bond acceptors (Lipinski definition) is 4. The van der Waals surface area contributed by atoms with E-state index < -0.39 is 29.3 Å². The second-order valence-corrected chi connectivity index (χ2v) is 6.61. The van der Waals surface area contributed by atoms with E-state index in [4.69, 9.17) is 9.57 Å². The molecule has 1 aliphatic carbocycles. The van der Waals surface area contributed by atoms with E-state index in [9.17, 15) is 13.6 Å². The van der Waals surface area contributed by atoms with Gasteiger partial charge in [0.2, 0.25) is 5.60 Å². The summed E-state index contributed by atoms with van der Waals surface area (Å²) in [4.78, 5) is 17.5. The van der Waals surface area contributed by atoms with Crippen molar-refractivity contribution < 1.29 is 23.1 Å². The number of oxime groups is 1. The molecule has 114 valence electrons. The van der Waals surface area contributed by atoms with Crippen molar-refractivity contribution in [2.45, 2.75) is 52.6 Å². The van der Waals surface area contributed by atoms with Crippen molar-refractivity contribution in [1.82, 2.24) is 0 Å². The van der Waals surface area contributed by atoms with Gasteiger partial charge in [-0.05, 0) is 6.92 Å². The summed E-state index contributed by atoms with van der Waals surface area (Å²) in [5.41, 5.74) is -1.39. The maximum Gasteiger partial charge on any atom is 0.354 e. The first kappa shape index (κ1) is 15.2. The lowest BCUT2D eigenvalue weighted by Crippen LogP contribution is -2.45. The van der Waals surface area contributed by atoms with Gasteiger partial charge in [0.1, 0.15) is 0 Å². The first-order chi connectivity index (χ1) is 9.07. The fourth-order valence-electron chi connectivity index (χ4n) is 2.70. The molecule has 0 aromatic heterocycles. The van der Waals surface area contributed by atoms with E-state index >= 15 is 0 Å². The van der Waals surface area contributed by atoms with Crippen LogP contribution < -0.4 is 0 Å². The van der Waals surface area contributed by atoms with E-state index in [1.807, 2.05) is 20.8 Å². The van der Waals surface area contributed by atoms with E-state index in [1.54, 1.807) is 6.92 Å². The molecular weight excluding hydrogens is 268 g/mol. The molecule has 6 heteroatoms. The minimum absolute atomic E-state index is 0.0694. The Morgan fingerprint density at radius 1 is 1.50 bits per heavy atom. The van der Waals surface area contributed by atoms with Gasteiger partial charge in [0.25, 0.3) is 5.92 Å². The highest BCUT2D eigenvalue weighted by molar-refractivity contribution is 5.97. The fraction of sp³-hybridized carbons (Fsp3) is 0.857. The summed E-state index contributed by atoms with van der Waals surface area (Å²) < 4.78 is 32.5. The first-order valence-electron chi connectivity index (χ1n) is 6.88. The summed E-state index contributed by atoms with van der Waals surface area (Å²) in [5, 5.41) is 3.91. The Morgan fingerprint density at radius 2 is 2.05 bits per heavy atom. The molecule has 2 rings (SSSR count). The van der Waals surface area contributed by atoms with Crippen LogP contribution in [0.3, 0.4) is 0 Å². The van der Waals surface area contributed by atoms with Crippen LogP contribution in [0.5, 0.6) is 0 Å². The van der Waals surface area contributed by atoms with Crippen molar-refractivity contribution in [3.63, 3.8) is 0 Å². The highest BCUT2D eigenvalue weighted by Gasteiger charge is 2.79. The monoisotopic (exact) mass is 289 g/mol. The zero-order valence-electron chi connectivity index (χ0n) is 12.5. The molecule has 0 amide bonds. The molecule has 4 nitrogen and oxygen atoms in total. The molecule has 0 saturated heterocycles. The molecule has 0 spiro atoms. The van der Waals surface area contributed by atoms with Gasteiger partial charge in [0.05, 0.1) is 18.2 Å². The van der Waals surface area contributed by atoms with Gasteiger partial charge in [0, 0.05) is 17.8 Å². The van der Waals surface area contributed by atoms with Crippen LogP contribution in [0, 0.1) is 17.3 Å². The summed E-state index contributed by atoms with van der Waals surface area (Å²) in [6.45, 7) is 8.91. The van der Waals surface area contributed by atoms with Crippen molar-refractivity contribution in [2.24, 2.45) is 22.4 Å². The first-order valence-corrected chi connectivity index (χ1v) is 6.88. The van der Waals surface area contributed by atoms with E-state index in [2.05, 4.69) is 5.16 Å². The number of carbonyl (C=O) groups is 1. The number of halogens is 2. The van der Waals surface area contributed by atoms with Crippen LogP contribution in [0.2, 0.25) is 0 Å². The second-order valence-electron chi connectivity index (χ2n) is 6.61. The fourth-order valence-corrected chi connectivity index (χ4v) is 2.70. The summed E-state index contributed by atoms with van der Waals surface area (Å²) in [7, 11) is 0. The zero-order chi connectivity index (χ0) is 15.3. The molecule has 0 aromatic rings. The average molecular weight is 289 g/mol. The summed E-state index contributed by atoms with van der Waals surface area (Å²) in [6.07, 6.45) is 0.0694. The zero-order valence-corrected chi connectivity index (χ0v) is 12.5. The number of rotatable bonds is 3. The molecule has 3 atom stereocenters. The van der Waals surface area contributed by atoms with Crippen molar-refractivity contribution in [2.75, 3.05) is 6.61 Å². The van der Waals surface area contributed by atoms with Crippen molar-refractivity contribution >= 4 is 11.7 Å². The Bertz CT molecular complexity index is 456. The van der Waals surface area contributed by atoms with Gasteiger partial charge in [-0.15, -0.1) is 0 Å². The molecule has 3 unspecified atom stereocenters. The minimum atomic E-state index is -2.91. The van der Waals surface area contributed by atoms with Crippen LogP contribution in [0.4, 0.5) is 8.78 Å². The lowest BCUT2D eigenvalue weighted by atomic mass is 9.81. The Kier molecular flexibility index (Phi) is 3.34. The number of nitrogens with zero attached hydrogens (tertiary/aromatic N) is 1. The molecule has 1 fully saturated rings. The van der Waals surface area contributed by atoms with Gasteiger partial charge in [-0.2, -0.15) is 0 Å². The quantitative estimate of drug-likeness (QED) is 0.750. The largest absolute Gasteiger partial charge is 0.463 e. The Hall–Kier alpha value is -1.20. The van der Waals surface area contributed by atoms with E-state index in [0.717, 1.165) is 0 Å². The highest BCUT2D eigenvalue weighted by Crippen LogP contribution is 2.63. The smallest absolute Gasteiger partial charge is 0.354 e. The summed E-state index contributed by atoms with van der Waals surface area (Å²) in [5.74, 6) is -5.72. The topological polar surface area (TPSA) is 47.9 Å². The molecule has 0 radical (unpaired) electrons. The molecular formula is C14H21F2NO3. The van der Waals surface area contributed by atoms with Gasteiger partial charge in [-0.3, -0.25) is 0 Å². The van der Waals surface area contributed by atoms with Gasteiger partial charge in [0.15, 0.2) is 0 Å². The van der Waals surface area contributed by atoms with Crippen LogP contribution in [0.25, 0.3) is 0 Å². The minimum Gasteiger partial charge on any atom is -0.463 e. The Morgan fingerprint density at radius 3 is 2.40 bits per heavy atom. The predicted molar refractivity (Wildman–Crippen MR) is 69.6 cm³/mol. The Balaban J connectivity index is 2.29. The van der Waals surface area contributed by atoms with Crippen LogP contribution in [0.15, 0.2) is 5.16 Å². The normalized spacial score (nSPS) is 35.2. The highest BCUT2D eigenvalue weighted by atomic mass is 19.3. The molecule has 0 bridgehead atoms. The maximum absolute atomic E-state index is 13.8. The van der Waals surface area contributed by atoms with Gasteiger partial charge in [-0.1, -0.05) is 32.9 Å². The Labute approximate surface area is 117 Å². The molecule has 20 heavy (non-hydrogen) atoms. The maximum atomic E-state index is 13.8. The number of hydrogen-bond donors (Lipinski definition) is 0. The van der Waals surface area contributed by atoms with Gasteiger partial charge >= 0.3 is 5.97 Å². The molecule has 1 aliphatic heterocycles. The van der Waals surface area contributed by atoms with Crippen LogP contribution in [-0.4, -0.2) is 29.8 Å². The third-order valence-corrected chi connectivity index (χ3v) is 4.15. The van der Waals surface area contributed by atoms with Crippen molar-refractivity contribution in [3.8, 4) is 0 Å². The number of carbonyl (C=O) groups excluding carboxylic acids is 1. The SMILES string of the molecule is CCOC(=O)C1(C2C(C)C2(F)F)CC(C(C)(C)C)=NO1. The third-order valence-electron chi connectivity index (χ3n) is 4.15. The van der Waals surface area contributed by atoms with E-state index in [-0.39, 0.29) is 18.4 Å². The van der Waals surface area contributed by atoms with Crippen molar-refractivity contribution in [3.05, 3.63) is 0 Å². The molecule has 0 N–H and O–H groups in total. The number of alkyl halides is 2. The van der Waals surface area contributed by atoms with Gasteiger partial charge < -0.3 is 9.57 Å². The molecule has 1 heterocycles. The lowest BCUT2D eigenvalue weighted by molar-refractivity contribution is -0.175. The third kappa shape index (κ3) is 2.09. The average Bonchev–Trinajstić information content (AvgIpc) is 2.71. The second kappa shape index (κ2) is 4.40. The summed E-state index contributed by atoms with van der Waals surface area (Å²) >= 11 is 0. The van der Waals surface area contributed by atoms with Crippen LogP contribution >= 0.6 is 0 Å². The van der Waals surface area contributed by atoms with E-state index in [1.165, 1.54) is 6.92 Å². The standard InChI is InChI=1S/C14H21F2NO3/c1-6-19-11(18)13(10-8(2)14(10,15)16)7-9(17-20-13)12(3,4)5/h8,10H,6-7H2,1-5H3. The predicted octanol–water partition coefficient (Wildman–Crippen LogP) is 3.01. The van der Waals surface area contributed by atoms with Gasteiger partial charge in [-0.25, -0.2) is 13.6 Å². The number of ether oxygens (including phenoxy) is 1. The number of esters is 1. The molecule has 2 aliphatic rings.